The van der Waals surface area contributed by atoms with Crippen molar-refractivity contribution in [3.63, 3.8) is 0 Å². The molecule has 1 unspecified atom stereocenters. The molecule has 1 aromatic carbocycles. The third-order valence-electron chi connectivity index (χ3n) is 4.99. The third kappa shape index (κ3) is 4.71. The Morgan fingerprint density at radius 1 is 1.17 bits per heavy atom. The van der Waals surface area contributed by atoms with Crippen LogP contribution in [0.25, 0.3) is 0 Å². The van der Waals surface area contributed by atoms with Crippen molar-refractivity contribution in [3.05, 3.63) is 29.8 Å². The first-order chi connectivity index (χ1) is 11.2. The first kappa shape index (κ1) is 16.3. The van der Waals surface area contributed by atoms with Gasteiger partial charge in [0.1, 0.15) is 0 Å². The largest absolute Gasteiger partial charge is 0.394 e. The number of hydrogen-bond donors (Lipinski definition) is 3. The molecular weight excluding hydrogens is 288 g/mol. The molecule has 0 aliphatic heterocycles. The molecular formula is C19H28N2O2. The van der Waals surface area contributed by atoms with E-state index in [1.54, 1.807) is 0 Å². The van der Waals surface area contributed by atoms with Gasteiger partial charge in [-0.05, 0) is 61.6 Å². The van der Waals surface area contributed by atoms with E-state index in [0.717, 1.165) is 23.8 Å². The van der Waals surface area contributed by atoms with Crippen LogP contribution in [0, 0.1) is 11.8 Å². The number of aliphatic hydroxyl groups is 1. The number of benzene rings is 1. The Hall–Kier alpha value is -1.55. The fourth-order valence-corrected chi connectivity index (χ4v) is 3.18. The summed E-state index contributed by atoms with van der Waals surface area (Å²) >= 11 is 0. The van der Waals surface area contributed by atoms with E-state index in [2.05, 4.69) is 22.8 Å². The zero-order valence-electron chi connectivity index (χ0n) is 13.9. The summed E-state index contributed by atoms with van der Waals surface area (Å²) in [5.74, 6) is 1.72. The SMILES string of the molecule is CCC(CO)NC(=O)Cc1ccc(NC(C2CC2)C2CC2)cc1. The lowest BCUT2D eigenvalue weighted by Gasteiger charge is -2.19. The molecule has 2 saturated carbocycles. The van der Waals surface area contributed by atoms with E-state index in [0.29, 0.717) is 12.5 Å². The smallest absolute Gasteiger partial charge is 0.224 e. The first-order valence-electron chi connectivity index (χ1n) is 8.95. The van der Waals surface area contributed by atoms with E-state index in [1.165, 1.54) is 31.4 Å². The molecule has 0 saturated heterocycles. The second kappa shape index (κ2) is 7.35. The van der Waals surface area contributed by atoms with Crippen molar-refractivity contribution in [1.29, 1.82) is 0 Å². The van der Waals surface area contributed by atoms with Crippen molar-refractivity contribution in [2.75, 3.05) is 11.9 Å². The van der Waals surface area contributed by atoms with Gasteiger partial charge in [0.25, 0.3) is 0 Å². The zero-order valence-corrected chi connectivity index (χ0v) is 13.9. The second-order valence-electron chi connectivity index (χ2n) is 7.07. The molecule has 1 aromatic rings. The van der Waals surface area contributed by atoms with E-state index in [1.807, 2.05) is 19.1 Å². The second-order valence-corrected chi connectivity index (χ2v) is 7.07. The Morgan fingerprint density at radius 3 is 2.26 bits per heavy atom. The van der Waals surface area contributed by atoms with Crippen molar-refractivity contribution in [2.45, 2.75) is 57.5 Å². The number of amides is 1. The van der Waals surface area contributed by atoms with Crippen LogP contribution in [0.1, 0.15) is 44.6 Å². The molecule has 0 radical (unpaired) electrons. The van der Waals surface area contributed by atoms with Crippen molar-refractivity contribution >= 4 is 11.6 Å². The topological polar surface area (TPSA) is 61.4 Å². The van der Waals surface area contributed by atoms with Crippen molar-refractivity contribution in [2.24, 2.45) is 11.8 Å². The van der Waals surface area contributed by atoms with Gasteiger partial charge >= 0.3 is 0 Å². The minimum atomic E-state index is -0.138. The Labute approximate surface area is 138 Å². The number of carbonyl (C=O) groups is 1. The van der Waals surface area contributed by atoms with Gasteiger partial charge in [-0.3, -0.25) is 4.79 Å². The van der Waals surface area contributed by atoms with Crippen molar-refractivity contribution < 1.29 is 9.90 Å². The van der Waals surface area contributed by atoms with Gasteiger partial charge in [0.05, 0.1) is 19.1 Å². The van der Waals surface area contributed by atoms with Crippen LogP contribution in [0.2, 0.25) is 0 Å². The number of anilines is 1. The summed E-state index contributed by atoms with van der Waals surface area (Å²) in [5, 5.41) is 15.7. The van der Waals surface area contributed by atoms with Crippen molar-refractivity contribution in [1.82, 2.24) is 5.32 Å². The highest BCUT2D eigenvalue weighted by atomic mass is 16.3. The van der Waals surface area contributed by atoms with Gasteiger partial charge in [0.15, 0.2) is 0 Å². The molecule has 3 N–H and O–H groups in total. The van der Waals surface area contributed by atoms with Gasteiger partial charge in [-0.1, -0.05) is 19.1 Å². The fourth-order valence-electron chi connectivity index (χ4n) is 3.18. The predicted molar refractivity (Wildman–Crippen MR) is 92.3 cm³/mol. The van der Waals surface area contributed by atoms with Gasteiger partial charge in [-0.25, -0.2) is 0 Å². The minimum absolute atomic E-state index is 0.00514. The summed E-state index contributed by atoms with van der Waals surface area (Å²) in [6, 6.07) is 8.74. The maximum atomic E-state index is 12.0. The summed E-state index contributed by atoms with van der Waals surface area (Å²) in [7, 11) is 0. The Kier molecular flexibility index (Phi) is 5.21. The molecule has 1 amide bonds. The van der Waals surface area contributed by atoms with Crippen LogP contribution in [-0.2, 0) is 11.2 Å². The van der Waals surface area contributed by atoms with Gasteiger partial charge < -0.3 is 15.7 Å². The Morgan fingerprint density at radius 2 is 1.78 bits per heavy atom. The molecule has 23 heavy (non-hydrogen) atoms. The molecule has 2 aliphatic carbocycles. The number of nitrogens with one attached hydrogen (secondary N) is 2. The molecule has 0 aromatic heterocycles. The molecule has 0 bridgehead atoms. The van der Waals surface area contributed by atoms with Crippen LogP contribution in [0.4, 0.5) is 5.69 Å². The minimum Gasteiger partial charge on any atom is -0.394 e. The zero-order chi connectivity index (χ0) is 16.2. The maximum Gasteiger partial charge on any atom is 0.224 e. The first-order valence-corrected chi connectivity index (χ1v) is 8.95. The van der Waals surface area contributed by atoms with Crippen LogP contribution in [0.15, 0.2) is 24.3 Å². The molecule has 2 fully saturated rings. The molecule has 1 atom stereocenters. The van der Waals surface area contributed by atoms with Crippen LogP contribution in [0.5, 0.6) is 0 Å². The highest BCUT2D eigenvalue weighted by molar-refractivity contribution is 5.79. The van der Waals surface area contributed by atoms with Crippen LogP contribution < -0.4 is 10.6 Å². The molecule has 4 heteroatoms. The van der Waals surface area contributed by atoms with Crippen LogP contribution in [0.3, 0.4) is 0 Å². The van der Waals surface area contributed by atoms with Gasteiger partial charge in [0, 0.05) is 11.7 Å². The normalized spacial score (nSPS) is 18.7. The van der Waals surface area contributed by atoms with Gasteiger partial charge in [-0.2, -0.15) is 0 Å². The summed E-state index contributed by atoms with van der Waals surface area (Å²) in [6.45, 7) is 1.95. The molecule has 0 spiro atoms. The third-order valence-corrected chi connectivity index (χ3v) is 4.99. The molecule has 0 heterocycles. The summed E-state index contributed by atoms with van der Waals surface area (Å²) < 4.78 is 0. The summed E-state index contributed by atoms with van der Waals surface area (Å²) in [6.07, 6.45) is 6.60. The average molecular weight is 316 g/mol. The lowest BCUT2D eigenvalue weighted by atomic mass is 10.1. The van der Waals surface area contributed by atoms with Crippen LogP contribution in [-0.4, -0.2) is 29.7 Å². The number of hydrogen-bond acceptors (Lipinski definition) is 3. The fraction of sp³-hybridized carbons (Fsp3) is 0.632. The standard InChI is InChI=1S/C19H28N2O2/c1-2-16(12-22)20-18(23)11-13-3-9-17(10-4-13)21-19(14-5-6-14)15-7-8-15/h3-4,9-10,14-16,19,21-22H,2,5-8,11-12H2,1H3,(H,20,23). The quantitative estimate of drug-likeness (QED) is 0.656. The maximum absolute atomic E-state index is 12.0. The Balaban J connectivity index is 1.51. The highest BCUT2D eigenvalue weighted by Crippen LogP contribution is 2.45. The summed E-state index contributed by atoms with van der Waals surface area (Å²) in [4.78, 5) is 12.0. The molecule has 4 nitrogen and oxygen atoms in total. The van der Waals surface area contributed by atoms with E-state index in [4.69, 9.17) is 5.11 Å². The highest BCUT2D eigenvalue weighted by Gasteiger charge is 2.41. The van der Waals surface area contributed by atoms with Gasteiger partial charge in [0.2, 0.25) is 5.91 Å². The van der Waals surface area contributed by atoms with Gasteiger partial charge in [-0.15, -0.1) is 0 Å². The van der Waals surface area contributed by atoms with E-state index >= 15 is 0 Å². The predicted octanol–water partition coefficient (Wildman–Crippen LogP) is 2.72. The van der Waals surface area contributed by atoms with Crippen LogP contribution >= 0.6 is 0 Å². The van der Waals surface area contributed by atoms with E-state index in [9.17, 15) is 4.79 Å². The number of rotatable bonds is 9. The van der Waals surface area contributed by atoms with E-state index < -0.39 is 0 Å². The number of aliphatic hydroxyl groups excluding tert-OH is 1. The lowest BCUT2D eigenvalue weighted by molar-refractivity contribution is -0.121. The molecule has 3 rings (SSSR count). The van der Waals surface area contributed by atoms with E-state index in [-0.39, 0.29) is 18.6 Å². The van der Waals surface area contributed by atoms with Crippen molar-refractivity contribution in [3.8, 4) is 0 Å². The Bertz CT molecular complexity index is 505. The monoisotopic (exact) mass is 316 g/mol. The summed E-state index contributed by atoms with van der Waals surface area (Å²) in [5.41, 5.74) is 2.18. The lowest BCUT2D eigenvalue weighted by Crippen LogP contribution is -2.37. The number of carbonyl (C=O) groups excluding carboxylic acids is 1. The average Bonchev–Trinajstić information content (AvgIpc) is 3.45. The molecule has 2 aliphatic rings. The molecule has 126 valence electrons.